The first-order chi connectivity index (χ1) is 13.8. The van der Waals surface area contributed by atoms with E-state index in [4.69, 9.17) is 4.74 Å². The standard InChI is InChI=1S/C22H30N2O4S/c1-18-8-10-19(11-9-18)6-4-16-23-22(25)7-5-17-24(29(3,26)27)20-12-14-21(28-2)15-13-20/h8-15H,4-7,16-17H2,1-3H3,(H,23,25). The van der Waals surface area contributed by atoms with Crippen LogP contribution in [0.5, 0.6) is 5.75 Å². The Labute approximate surface area is 173 Å². The Balaban J connectivity index is 1.75. The minimum absolute atomic E-state index is 0.0583. The van der Waals surface area contributed by atoms with Crippen molar-refractivity contribution in [3.63, 3.8) is 0 Å². The van der Waals surface area contributed by atoms with Gasteiger partial charge in [-0.1, -0.05) is 29.8 Å². The number of nitrogens with zero attached hydrogens (tertiary/aromatic N) is 1. The van der Waals surface area contributed by atoms with Gasteiger partial charge in [0.1, 0.15) is 5.75 Å². The van der Waals surface area contributed by atoms with E-state index < -0.39 is 10.0 Å². The van der Waals surface area contributed by atoms with Crippen LogP contribution in [0.25, 0.3) is 0 Å². The number of carbonyl (C=O) groups is 1. The molecule has 1 amide bonds. The van der Waals surface area contributed by atoms with E-state index in [0.29, 0.717) is 24.4 Å². The summed E-state index contributed by atoms with van der Waals surface area (Å²) >= 11 is 0. The number of amides is 1. The van der Waals surface area contributed by atoms with Gasteiger partial charge in [-0.2, -0.15) is 0 Å². The fraction of sp³-hybridized carbons (Fsp3) is 0.409. The molecular weight excluding hydrogens is 388 g/mol. The lowest BCUT2D eigenvalue weighted by molar-refractivity contribution is -0.121. The van der Waals surface area contributed by atoms with E-state index in [9.17, 15) is 13.2 Å². The van der Waals surface area contributed by atoms with Crippen molar-refractivity contribution in [1.29, 1.82) is 0 Å². The number of methoxy groups -OCH3 is 1. The first-order valence-corrected chi connectivity index (χ1v) is 11.6. The summed E-state index contributed by atoms with van der Waals surface area (Å²) in [5.41, 5.74) is 3.06. The van der Waals surface area contributed by atoms with Crippen LogP contribution in [0.2, 0.25) is 0 Å². The molecule has 0 bridgehead atoms. The zero-order chi connectivity index (χ0) is 21.3. The largest absolute Gasteiger partial charge is 0.497 e. The van der Waals surface area contributed by atoms with E-state index >= 15 is 0 Å². The van der Waals surface area contributed by atoms with Crippen LogP contribution in [0.15, 0.2) is 48.5 Å². The third-order valence-electron chi connectivity index (χ3n) is 4.61. The highest BCUT2D eigenvalue weighted by Crippen LogP contribution is 2.21. The second kappa shape index (κ2) is 10.9. The molecule has 0 unspecified atom stereocenters. The van der Waals surface area contributed by atoms with E-state index in [1.807, 2.05) is 0 Å². The highest BCUT2D eigenvalue weighted by atomic mass is 32.2. The van der Waals surface area contributed by atoms with E-state index in [0.717, 1.165) is 12.8 Å². The Morgan fingerprint density at radius 3 is 2.28 bits per heavy atom. The van der Waals surface area contributed by atoms with Gasteiger partial charge in [0.2, 0.25) is 15.9 Å². The molecule has 0 spiro atoms. The normalized spacial score (nSPS) is 11.1. The molecular formula is C22H30N2O4S. The summed E-state index contributed by atoms with van der Waals surface area (Å²) in [6.07, 6.45) is 3.69. The van der Waals surface area contributed by atoms with Crippen LogP contribution in [-0.2, 0) is 21.2 Å². The maximum absolute atomic E-state index is 12.1. The fourth-order valence-electron chi connectivity index (χ4n) is 2.98. The van der Waals surface area contributed by atoms with Gasteiger partial charge in [-0.3, -0.25) is 9.10 Å². The number of sulfonamides is 1. The number of nitrogens with one attached hydrogen (secondary N) is 1. The minimum atomic E-state index is -3.43. The van der Waals surface area contributed by atoms with Crippen LogP contribution >= 0.6 is 0 Å². The first-order valence-electron chi connectivity index (χ1n) is 9.73. The van der Waals surface area contributed by atoms with E-state index in [-0.39, 0.29) is 18.9 Å². The Morgan fingerprint density at radius 1 is 1.03 bits per heavy atom. The summed E-state index contributed by atoms with van der Waals surface area (Å²) in [5.74, 6) is 0.601. The Bertz CT molecular complexity index is 878. The van der Waals surface area contributed by atoms with Crippen molar-refractivity contribution in [1.82, 2.24) is 5.32 Å². The van der Waals surface area contributed by atoms with Crippen molar-refractivity contribution >= 4 is 21.6 Å². The van der Waals surface area contributed by atoms with Crippen LogP contribution < -0.4 is 14.4 Å². The van der Waals surface area contributed by atoms with Crippen molar-refractivity contribution in [2.24, 2.45) is 0 Å². The zero-order valence-corrected chi connectivity index (χ0v) is 18.2. The summed E-state index contributed by atoms with van der Waals surface area (Å²) in [7, 11) is -1.87. The second-order valence-electron chi connectivity index (χ2n) is 7.08. The minimum Gasteiger partial charge on any atom is -0.497 e. The summed E-state index contributed by atoms with van der Waals surface area (Å²) in [6.45, 7) is 2.92. The third kappa shape index (κ3) is 7.77. The average Bonchev–Trinajstić information content (AvgIpc) is 2.69. The lowest BCUT2D eigenvalue weighted by atomic mass is 10.1. The number of hydrogen-bond acceptors (Lipinski definition) is 4. The molecule has 0 saturated carbocycles. The van der Waals surface area contributed by atoms with Crippen LogP contribution in [0, 0.1) is 6.92 Å². The van der Waals surface area contributed by atoms with E-state index in [1.54, 1.807) is 31.4 Å². The quantitative estimate of drug-likeness (QED) is 0.568. The van der Waals surface area contributed by atoms with Crippen LogP contribution in [0.1, 0.15) is 30.4 Å². The Morgan fingerprint density at radius 2 is 1.69 bits per heavy atom. The second-order valence-corrected chi connectivity index (χ2v) is 8.98. The van der Waals surface area contributed by atoms with Gasteiger partial charge < -0.3 is 10.1 Å². The van der Waals surface area contributed by atoms with E-state index in [2.05, 4.69) is 36.5 Å². The molecule has 0 aliphatic carbocycles. The maximum atomic E-state index is 12.1. The van der Waals surface area contributed by atoms with Crippen LogP contribution in [0.3, 0.4) is 0 Å². The molecule has 1 N–H and O–H groups in total. The highest BCUT2D eigenvalue weighted by molar-refractivity contribution is 7.92. The lowest BCUT2D eigenvalue weighted by Gasteiger charge is -2.22. The van der Waals surface area contributed by atoms with Crippen molar-refractivity contribution in [2.45, 2.75) is 32.6 Å². The molecule has 0 fully saturated rings. The molecule has 0 aliphatic heterocycles. The van der Waals surface area contributed by atoms with Crippen LogP contribution in [-0.4, -0.2) is 40.8 Å². The summed E-state index contributed by atoms with van der Waals surface area (Å²) < 4.78 is 30.7. The number of aryl methyl sites for hydroxylation is 2. The monoisotopic (exact) mass is 418 g/mol. The molecule has 0 atom stereocenters. The number of anilines is 1. The lowest BCUT2D eigenvalue weighted by Crippen LogP contribution is -2.32. The van der Waals surface area contributed by atoms with Gasteiger partial charge >= 0.3 is 0 Å². The highest BCUT2D eigenvalue weighted by Gasteiger charge is 2.17. The van der Waals surface area contributed by atoms with Crippen LogP contribution in [0.4, 0.5) is 5.69 Å². The average molecular weight is 419 g/mol. The predicted molar refractivity (Wildman–Crippen MR) is 117 cm³/mol. The fourth-order valence-corrected chi connectivity index (χ4v) is 3.95. The molecule has 6 nitrogen and oxygen atoms in total. The Kier molecular flexibility index (Phi) is 8.51. The number of benzene rings is 2. The molecule has 29 heavy (non-hydrogen) atoms. The molecule has 0 heterocycles. The number of carbonyl (C=O) groups excluding carboxylic acids is 1. The molecule has 2 aromatic rings. The van der Waals surface area contributed by atoms with Crippen molar-refractivity contribution in [3.8, 4) is 5.75 Å². The van der Waals surface area contributed by atoms with Crippen molar-refractivity contribution < 1.29 is 17.9 Å². The molecule has 2 aromatic carbocycles. The number of ether oxygens (including phenoxy) is 1. The smallest absolute Gasteiger partial charge is 0.232 e. The molecule has 0 aromatic heterocycles. The van der Waals surface area contributed by atoms with Crippen molar-refractivity contribution in [3.05, 3.63) is 59.7 Å². The van der Waals surface area contributed by atoms with Gasteiger partial charge in [-0.25, -0.2) is 8.42 Å². The van der Waals surface area contributed by atoms with Gasteiger partial charge in [0.25, 0.3) is 0 Å². The topological polar surface area (TPSA) is 75.7 Å². The molecule has 0 radical (unpaired) electrons. The van der Waals surface area contributed by atoms with Crippen molar-refractivity contribution in [2.75, 3.05) is 30.8 Å². The first kappa shape index (κ1) is 22.7. The maximum Gasteiger partial charge on any atom is 0.232 e. The molecule has 7 heteroatoms. The molecule has 0 aliphatic rings. The van der Waals surface area contributed by atoms with Gasteiger partial charge in [-0.05, 0) is 56.0 Å². The van der Waals surface area contributed by atoms with Gasteiger partial charge in [0.05, 0.1) is 19.1 Å². The summed E-state index contributed by atoms with van der Waals surface area (Å²) in [5, 5.41) is 2.91. The molecule has 158 valence electrons. The summed E-state index contributed by atoms with van der Waals surface area (Å²) in [4.78, 5) is 12.1. The number of hydrogen-bond donors (Lipinski definition) is 1. The SMILES string of the molecule is COc1ccc(N(CCCC(=O)NCCCc2ccc(C)cc2)S(C)(=O)=O)cc1. The van der Waals surface area contributed by atoms with Gasteiger partial charge in [0.15, 0.2) is 0 Å². The van der Waals surface area contributed by atoms with E-state index in [1.165, 1.54) is 21.7 Å². The number of rotatable bonds is 11. The molecule has 2 rings (SSSR count). The third-order valence-corrected chi connectivity index (χ3v) is 5.80. The molecule has 0 saturated heterocycles. The Hall–Kier alpha value is -2.54. The summed E-state index contributed by atoms with van der Waals surface area (Å²) in [6, 6.07) is 15.2. The predicted octanol–water partition coefficient (Wildman–Crippen LogP) is 3.30. The van der Waals surface area contributed by atoms with Gasteiger partial charge in [0, 0.05) is 19.5 Å². The van der Waals surface area contributed by atoms with Gasteiger partial charge in [-0.15, -0.1) is 0 Å². The zero-order valence-electron chi connectivity index (χ0n) is 17.3.